The normalized spacial score (nSPS) is 10.1. The van der Waals surface area contributed by atoms with E-state index in [1.165, 1.54) is 13.8 Å². The Hall–Kier alpha value is -3.35. The molecule has 7 nitrogen and oxygen atoms in total. The number of hydrogen-bond acceptors (Lipinski definition) is 7. The second-order valence-corrected chi connectivity index (χ2v) is 6.28. The van der Waals surface area contributed by atoms with Crippen LogP contribution in [0.4, 0.5) is 5.69 Å². The van der Waals surface area contributed by atoms with Gasteiger partial charge in [0.2, 0.25) is 0 Å². The monoisotopic (exact) mass is 399 g/mol. The van der Waals surface area contributed by atoms with Crippen LogP contribution in [0.5, 0.6) is 5.75 Å². The number of carbonyl (C=O) groups is 3. The van der Waals surface area contributed by atoms with E-state index in [1.54, 1.807) is 18.2 Å². The zero-order valence-electron chi connectivity index (χ0n) is 16.6. The number of rotatable bonds is 11. The first kappa shape index (κ1) is 21.9. The Kier molecular flexibility index (Phi) is 8.69. The molecule has 7 heteroatoms. The van der Waals surface area contributed by atoms with Crippen molar-refractivity contribution >= 4 is 23.9 Å². The van der Waals surface area contributed by atoms with Gasteiger partial charge in [-0.05, 0) is 17.7 Å². The van der Waals surface area contributed by atoms with Crippen LogP contribution in [0.1, 0.15) is 29.8 Å². The number of nitrogens with zero attached hydrogens (tertiary/aromatic N) is 1. The van der Waals surface area contributed by atoms with Crippen molar-refractivity contribution in [2.75, 3.05) is 31.2 Å². The maximum Gasteiger partial charge on any atom is 0.302 e. The van der Waals surface area contributed by atoms with Crippen LogP contribution >= 0.6 is 0 Å². The topological polar surface area (TPSA) is 82.1 Å². The lowest BCUT2D eigenvalue weighted by Crippen LogP contribution is -2.32. The van der Waals surface area contributed by atoms with E-state index < -0.39 is 0 Å². The fourth-order valence-corrected chi connectivity index (χ4v) is 2.65. The molecule has 0 saturated carbocycles. The standard InChI is InChI=1S/C22H25NO6/c1-17(25)27-12-10-23(11-13-28-18(2)26)21-9-8-20(15-24)22(14-21)29-16-19-6-4-3-5-7-19/h3-9,14-15H,10-13,16H2,1-2H3. The SMILES string of the molecule is CC(=O)OCCN(CCOC(C)=O)c1ccc(C=O)c(OCc2ccccc2)c1. The first-order valence-corrected chi connectivity index (χ1v) is 9.27. The third kappa shape index (κ3) is 7.65. The summed E-state index contributed by atoms with van der Waals surface area (Å²) in [6.45, 7) is 4.19. The van der Waals surface area contributed by atoms with Crippen molar-refractivity contribution in [2.24, 2.45) is 0 Å². The molecule has 0 aliphatic rings. The summed E-state index contributed by atoms with van der Waals surface area (Å²) in [5.74, 6) is -0.285. The molecule has 0 aromatic heterocycles. The van der Waals surface area contributed by atoms with Crippen LogP contribution in [0.25, 0.3) is 0 Å². The number of aldehydes is 1. The molecular weight excluding hydrogens is 374 g/mol. The third-order valence-corrected chi connectivity index (χ3v) is 4.06. The summed E-state index contributed by atoms with van der Waals surface area (Å²) in [4.78, 5) is 35.4. The number of hydrogen-bond donors (Lipinski definition) is 0. The highest BCUT2D eigenvalue weighted by atomic mass is 16.5. The molecule has 0 aliphatic heterocycles. The van der Waals surface area contributed by atoms with Crippen molar-refractivity contribution in [1.82, 2.24) is 0 Å². The maximum absolute atomic E-state index is 11.4. The van der Waals surface area contributed by atoms with Gasteiger partial charge in [0.1, 0.15) is 25.6 Å². The molecule has 0 amide bonds. The molecule has 0 unspecified atom stereocenters. The fourth-order valence-electron chi connectivity index (χ4n) is 2.65. The van der Waals surface area contributed by atoms with Gasteiger partial charge in [0.05, 0.1) is 18.7 Å². The highest BCUT2D eigenvalue weighted by molar-refractivity contribution is 5.80. The lowest BCUT2D eigenvalue weighted by Gasteiger charge is -2.25. The molecule has 0 fully saturated rings. The lowest BCUT2D eigenvalue weighted by atomic mass is 10.1. The van der Waals surface area contributed by atoms with E-state index in [4.69, 9.17) is 14.2 Å². The van der Waals surface area contributed by atoms with Gasteiger partial charge in [-0.15, -0.1) is 0 Å². The Labute approximate surface area is 170 Å². The summed E-state index contributed by atoms with van der Waals surface area (Å²) in [6, 6.07) is 14.8. The van der Waals surface area contributed by atoms with Gasteiger partial charge in [0, 0.05) is 25.6 Å². The highest BCUT2D eigenvalue weighted by Gasteiger charge is 2.12. The lowest BCUT2D eigenvalue weighted by molar-refractivity contribution is -0.141. The average Bonchev–Trinajstić information content (AvgIpc) is 2.71. The molecule has 2 aromatic carbocycles. The molecule has 0 atom stereocenters. The number of esters is 2. The van der Waals surface area contributed by atoms with Gasteiger partial charge >= 0.3 is 11.9 Å². The van der Waals surface area contributed by atoms with Gasteiger partial charge in [-0.3, -0.25) is 14.4 Å². The van der Waals surface area contributed by atoms with Gasteiger partial charge in [0.25, 0.3) is 0 Å². The van der Waals surface area contributed by atoms with E-state index >= 15 is 0 Å². The first-order valence-electron chi connectivity index (χ1n) is 9.27. The van der Waals surface area contributed by atoms with Crippen molar-refractivity contribution < 1.29 is 28.6 Å². The minimum atomic E-state index is -0.367. The average molecular weight is 399 g/mol. The highest BCUT2D eigenvalue weighted by Crippen LogP contribution is 2.26. The van der Waals surface area contributed by atoms with Gasteiger partial charge in [-0.25, -0.2) is 0 Å². The molecule has 0 aliphatic carbocycles. The van der Waals surface area contributed by atoms with Crippen LogP contribution in [0.2, 0.25) is 0 Å². The summed E-state index contributed by atoms with van der Waals surface area (Å²) >= 11 is 0. The van der Waals surface area contributed by atoms with E-state index in [2.05, 4.69) is 0 Å². The van der Waals surface area contributed by atoms with Crippen molar-refractivity contribution in [2.45, 2.75) is 20.5 Å². The fraction of sp³-hybridized carbons (Fsp3) is 0.318. The first-order chi connectivity index (χ1) is 14.0. The molecular formula is C22H25NO6. The van der Waals surface area contributed by atoms with Crippen molar-refractivity contribution in [3.05, 3.63) is 59.7 Å². The molecule has 29 heavy (non-hydrogen) atoms. The smallest absolute Gasteiger partial charge is 0.302 e. The van der Waals surface area contributed by atoms with E-state index in [0.29, 0.717) is 31.0 Å². The summed E-state index contributed by atoms with van der Waals surface area (Å²) in [5.41, 5.74) is 2.18. The van der Waals surface area contributed by atoms with Crippen molar-refractivity contribution in [1.29, 1.82) is 0 Å². The Bertz CT molecular complexity index is 801. The van der Waals surface area contributed by atoms with E-state index in [-0.39, 0.29) is 25.2 Å². The summed E-state index contributed by atoms with van der Waals surface area (Å²) < 4.78 is 15.9. The van der Waals surface area contributed by atoms with E-state index in [1.807, 2.05) is 35.2 Å². The predicted molar refractivity (Wildman–Crippen MR) is 108 cm³/mol. The van der Waals surface area contributed by atoms with Crippen molar-refractivity contribution in [3.63, 3.8) is 0 Å². The number of anilines is 1. The Morgan fingerprint density at radius 2 is 1.55 bits per heavy atom. The third-order valence-electron chi connectivity index (χ3n) is 4.06. The molecule has 2 aromatic rings. The summed E-state index contributed by atoms with van der Waals surface area (Å²) in [5, 5.41) is 0. The van der Waals surface area contributed by atoms with Crippen LogP contribution < -0.4 is 9.64 Å². The molecule has 0 spiro atoms. The van der Waals surface area contributed by atoms with Crippen molar-refractivity contribution in [3.8, 4) is 5.75 Å². The van der Waals surface area contributed by atoms with E-state index in [0.717, 1.165) is 17.5 Å². The quantitative estimate of drug-likeness (QED) is 0.424. The number of benzene rings is 2. The van der Waals surface area contributed by atoms with Crippen LogP contribution in [-0.2, 0) is 25.7 Å². The zero-order chi connectivity index (χ0) is 21.1. The Morgan fingerprint density at radius 1 is 0.931 bits per heavy atom. The largest absolute Gasteiger partial charge is 0.488 e. The Balaban J connectivity index is 2.15. The van der Waals surface area contributed by atoms with Crippen LogP contribution in [0.15, 0.2) is 48.5 Å². The number of ether oxygens (including phenoxy) is 3. The van der Waals surface area contributed by atoms with Gasteiger partial charge < -0.3 is 19.1 Å². The second-order valence-electron chi connectivity index (χ2n) is 6.28. The minimum absolute atomic E-state index is 0.186. The van der Waals surface area contributed by atoms with Crippen LogP contribution in [0.3, 0.4) is 0 Å². The maximum atomic E-state index is 11.4. The summed E-state index contributed by atoms with van der Waals surface area (Å²) in [7, 11) is 0. The van der Waals surface area contributed by atoms with Crippen LogP contribution in [0, 0.1) is 0 Å². The Morgan fingerprint density at radius 3 is 2.10 bits per heavy atom. The molecule has 0 bridgehead atoms. The van der Waals surface area contributed by atoms with Gasteiger partial charge in [0.15, 0.2) is 6.29 Å². The molecule has 2 rings (SSSR count). The minimum Gasteiger partial charge on any atom is -0.488 e. The molecule has 0 N–H and O–H groups in total. The molecule has 154 valence electrons. The molecule has 0 heterocycles. The predicted octanol–water partition coefficient (Wildman–Crippen LogP) is 3.01. The van der Waals surface area contributed by atoms with Gasteiger partial charge in [-0.2, -0.15) is 0 Å². The molecule has 0 saturated heterocycles. The second kappa shape index (κ2) is 11.5. The van der Waals surface area contributed by atoms with Crippen LogP contribution in [-0.4, -0.2) is 44.5 Å². The van der Waals surface area contributed by atoms with Gasteiger partial charge in [-0.1, -0.05) is 30.3 Å². The summed E-state index contributed by atoms with van der Waals surface area (Å²) in [6.07, 6.45) is 0.742. The van der Waals surface area contributed by atoms with E-state index in [9.17, 15) is 14.4 Å². The zero-order valence-corrected chi connectivity index (χ0v) is 16.6. The number of carbonyl (C=O) groups excluding carboxylic acids is 3. The molecule has 0 radical (unpaired) electrons.